The van der Waals surface area contributed by atoms with Gasteiger partial charge in [0.15, 0.2) is 0 Å². The number of nitrogens with one attached hydrogen (secondary N) is 4. The number of amides is 3. The van der Waals surface area contributed by atoms with E-state index < -0.39 is 5.50 Å². The summed E-state index contributed by atoms with van der Waals surface area (Å²) in [6, 6.07) is 6.91. The number of hydrogen-bond acceptors (Lipinski definition) is 7. The summed E-state index contributed by atoms with van der Waals surface area (Å²) in [5.74, 6) is -0.672. The van der Waals surface area contributed by atoms with Gasteiger partial charge in [-0.05, 0) is 51.0 Å². The van der Waals surface area contributed by atoms with Crippen molar-refractivity contribution >= 4 is 36.9 Å². The largest absolute Gasteiger partial charge is 0.399 e. The van der Waals surface area contributed by atoms with Crippen molar-refractivity contribution in [2.45, 2.75) is 51.5 Å². The van der Waals surface area contributed by atoms with Crippen LogP contribution in [0.4, 0.5) is 11.4 Å². The first-order valence-electron chi connectivity index (χ1n) is 10.7. The van der Waals surface area contributed by atoms with Gasteiger partial charge in [0.05, 0.1) is 0 Å². The lowest BCUT2D eigenvalue weighted by atomic mass is 9.80. The molecule has 1 unspecified atom stereocenters. The van der Waals surface area contributed by atoms with Gasteiger partial charge in [-0.3, -0.25) is 19.8 Å². The Kier molecular flexibility index (Phi) is 13.0. The monoisotopic (exact) mass is 447 g/mol. The Morgan fingerprint density at radius 1 is 1.06 bits per heavy atom. The summed E-state index contributed by atoms with van der Waals surface area (Å²) in [7, 11) is 6.09. The summed E-state index contributed by atoms with van der Waals surface area (Å²) >= 11 is 0. The molecule has 2 radical (unpaired) electrons. The van der Waals surface area contributed by atoms with E-state index in [-0.39, 0.29) is 37.3 Å². The van der Waals surface area contributed by atoms with Crippen molar-refractivity contribution < 1.29 is 23.9 Å². The highest BCUT2D eigenvalue weighted by Crippen LogP contribution is 2.13. The van der Waals surface area contributed by atoms with Gasteiger partial charge in [-0.15, -0.1) is 0 Å². The fraction of sp³-hybridized carbons (Fsp3) is 0.571. The second-order valence-electron chi connectivity index (χ2n) is 7.40. The summed E-state index contributed by atoms with van der Waals surface area (Å²) < 4.78 is 10.7. The van der Waals surface area contributed by atoms with Gasteiger partial charge in [0.25, 0.3) is 0 Å². The molecule has 0 fully saturated rings. The average Bonchev–Trinajstić information content (AvgIpc) is 2.74. The zero-order valence-electron chi connectivity index (χ0n) is 18.9. The SMILES string of the molecule is [B]C(C)(CCNC(=O)CCC(=O)NNCOCC)OCCCC(=O)Nc1ccc(N)cc1. The fourth-order valence-electron chi connectivity index (χ4n) is 2.52. The topological polar surface area (TPSA) is 144 Å². The summed E-state index contributed by atoms with van der Waals surface area (Å²) in [6.45, 7) is 4.92. The van der Waals surface area contributed by atoms with E-state index in [2.05, 4.69) is 21.5 Å². The lowest BCUT2D eigenvalue weighted by molar-refractivity contribution is -0.127. The van der Waals surface area contributed by atoms with Crippen molar-refractivity contribution in [3.05, 3.63) is 24.3 Å². The van der Waals surface area contributed by atoms with Crippen molar-refractivity contribution in [3.63, 3.8) is 0 Å². The van der Waals surface area contributed by atoms with Gasteiger partial charge in [-0.2, -0.15) is 0 Å². The lowest BCUT2D eigenvalue weighted by Crippen LogP contribution is -2.39. The van der Waals surface area contributed by atoms with Crippen LogP contribution in [-0.4, -0.2) is 57.6 Å². The van der Waals surface area contributed by atoms with Gasteiger partial charge in [-0.1, -0.05) is 0 Å². The summed E-state index contributed by atoms with van der Waals surface area (Å²) in [5, 5.41) is 5.50. The van der Waals surface area contributed by atoms with Gasteiger partial charge >= 0.3 is 0 Å². The third-order valence-electron chi connectivity index (χ3n) is 4.30. The molecule has 1 aromatic carbocycles. The molecule has 0 aliphatic rings. The van der Waals surface area contributed by atoms with Crippen LogP contribution < -0.4 is 27.2 Å². The smallest absolute Gasteiger partial charge is 0.234 e. The van der Waals surface area contributed by atoms with Gasteiger partial charge in [0.2, 0.25) is 17.7 Å². The Balaban J connectivity index is 2.10. The first kappa shape index (κ1) is 27.4. The third kappa shape index (κ3) is 13.6. The number of hydrazine groups is 1. The maximum atomic E-state index is 12.0. The van der Waals surface area contributed by atoms with Crippen LogP contribution in [0.25, 0.3) is 0 Å². The molecule has 0 aliphatic heterocycles. The number of hydrogen-bond donors (Lipinski definition) is 5. The summed E-state index contributed by atoms with van der Waals surface area (Å²) in [6.07, 6.45) is 1.30. The van der Waals surface area contributed by atoms with Crippen LogP contribution in [0.15, 0.2) is 24.3 Å². The summed E-state index contributed by atoms with van der Waals surface area (Å²) in [4.78, 5) is 35.4. The Morgan fingerprint density at radius 3 is 2.44 bits per heavy atom. The number of ether oxygens (including phenoxy) is 2. The first-order chi connectivity index (χ1) is 15.2. The molecule has 1 rings (SSSR count). The molecule has 32 heavy (non-hydrogen) atoms. The highest BCUT2D eigenvalue weighted by atomic mass is 16.5. The minimum absolute atomic E-state index is 0.0553. The zero-order valence-corrected chi connectivity index (χ0v) is 18.9. The van der Waals surface area contributed by atoms with Crippen molar-refractivity contribution in [1.29, 1.82) is 0 Å². The van der Waals surface area contributed by atoms with Gasteiger partial charge in [0.1, 0.15) is 14.6 Å². The maximum absolute atomic E-state index is 12.0. The highest BCUT2D eigenvalue weighted by molar-refractivity contribution is 6.14. The molecule has 3 amide bonds. The second kappa shape index (κ2) is 15.2. The molecule has 0 aliphatic carbocycles. The predicted molar refractivity (Wildman–Crippen MR) is 123 cm³/mol. The van der Waals surface area contributed by atoms with E-state index in [1.165, 1.54) is 0 Å². The zero-order chi connectivity index (χ0) is 23.8. The Hall–Kier alpha value is -2.63. The number of rotatable bonds is 16. The van der Waals surface area contributed by atoms with E-state index >= 15 is 0 Å². The van der Waals surface area contributed by atoms with Crippen LogP contribution in [0.3, 0.4) is 0 Å². The highest BCUT2D eigenvalue weighted by Gasteiger charge is 2.18. The predicted octanol–water partition coefficient (Wildman–Crippen LogP) is 0.790. The molecule has 10 nitrogen and oxygen atoms in total. The van der Waals surface area contributed by atoms with Crippen LogP contribution in [0, 0.1) is 0 Å². The number of anilines is 2. The van der Waals surface area contributed by atoms with E-state index in [9.17, 15) is 14.4 Å². The van der Waals surface area contributed by atoms with Crippen LogP contribution in [-0.2, 0) is 23.9 Å². The van der Waals surface area contributed by atoms with Crippen LogP contribution >= 0.6 is 0 Å². The molecule has 11 heteroatoms. The second-order valence-corrected chi connectivity index (χ2v) is 7.40. The van der Waals surface area contributed by atoms with Crippen molar-refractivity contribution in [2.24, 2.45) is 0 Å². The molecule has 0 bridgehead atoms. The van der Waals surface area contributed by atoms with Gasteiger partial charge in [0, 0.05) is 55.9 Å². The third-order valence-corrected chi connectivity index (χ3v) is 4.30. The number of benzene rings is 1. The van der Waals surface area contributed by atoms with Crippen molar-refractivity contribution in [1.82, 2.24) is 16.2 Å². The average molecular weight is 447 g/mol. The number of carbonyl (C=O) groups excluding carboxylic acids is 3. The maximum Gasteiger partial charge on any atom is 0.234 e. The van der Waals surface area contributed by atoms with Crippen LogP contribution in [0.1, 0.15) is 46.0 Å². The van der Waals surface area contributed by atoms with E-state index in [1.807, 2.05) is 6.92 Å². The molecule has 0 saturated heterocycles. The molecule has 0 spiro atoms. The first-order valence-corrected chi connectivity index (χ1v) is 10.7. The van der Waals surface area contributed by atoms with Gasteiger partial charge < -0.3 is 25.8 Å². The molecule has 1 atom stereocenters. The van der Waals surface area contributed by atoms with Crippen molar-refractivity contribution in [3.8, 4) is 0 Å². The standard InChI is InChI=1S/C21H34BN5O5/c1-3-31-15-25-27-20(30)11-10-18(28)24-13-12-21(2,22)32-14-4-5-19(29)26-17-8-6-16(23)7-9-17/h6-9,25H,3-5,10-15,23H2,1-2H3,(H,24,28)(H,26,29)(H,27,30). The molecular weight excluding hydrogens is 413 g/mol. The number of nitrogens with two attached hydrogens (primary N) is 1. The minimum atomic E-state index is -0.943. The molecule has 0 saturated carbocycles. The molecular formula is C21H34BN5O5. The Bertz CT molecular complexity index is 715. The van der Waals surface area contributed by atoms with E-state index in [4.69, 9.17) is 23.1 Å². The van der Waals surface area contributed by atoms with Crippen LogP contribution in [0.5, 0.6) is 0 Å². The van der Waals surface area contributed by atoms with Gasteiger partial charge in [-0.25, -0.2) is 5.43 Å². The molecule has 0 heterocycles. The molecule has 0 aromatic heterocycles. The lowest BCUT2D eigenvalue weighted by Gasteiger charge is -2.26. The fourth-order valence-corrected chi connectivity index (χ4v) is 2.52. The van der Waals surface area contributed by atoms with E-state index in [0.717, 1.165) is 0 Å². The van der Waals surface area contributed by atoms with E-state index in [1.54, 1.807) is 31.2 Å². The normalized spacial score (nSPS) is 12.6. The minimum Gasteiger partial charge on any atom is -0.399 e. The molecule has 1 aromatic rings. The Morgan fingerprint density at radius 2 is 1.75 bits per heavy atom. The quantitative estimate of drug-likeness (QED) is 0.0829. The number of carbonyl (C=O) groups is 3. The Labute approximate surface area is 190 Å². The van der Waals surface area contributed by atoms with Crippen LogP contribution in [0.2, 0.25) is 0 Å². The molecule has 6 N–H and O–H groups in total. The molecule has 176 valence electrons. The van der Waals surface area contributed by atoms with E-state index in [0.29, 0.717) is 50.4 Å². The van der Waals surface area contributed by atoms with Crippen molar-refractivity contribution in [2.75, 3.05) is 37.5 Å². The number of nitrogen functional groups attached to an aromatic ring is 1. The summed E-state index contributed by atoms with van der Waals surface area (Å²) in [5.41, 5.74) is 11.0.